The SMILES string of the molecule is CC(C)NC(=O)NC(=O)CNCC1CCCC1C(=O)O. The lowest BCUT2D eigenvalue weighted by molar-refractivity contribution is -0.142. The first-order valence-electron chi connectivity index (χ1n) is 6.94. The van der Waals surface area contributed by atoms with E-state index in [-0.39, 0.29) is 24.4 Å². The molecule has 7 heteroatoms. The van der Waals surface area contributed by atoms with Crippen molar-refractivity contribution in [3.8, 4) is 0 Å². The van der Waals surface area contributed by atoms with E-state index in [0.717, 1.165) is 12.8 Å². The molecule has 4 N–H and O–H groups in total. The van der Waals surface area contributed by atoms with Gasteiger partial charge in [-0.05, 0) is 39.2 Å². The lowest BCUT2D eigenvalue weighted by Crippen LogP contribution is -2.46. The molecular weight excluding hydrogens is 262 g/mol. The Labute approximate surface area is 118 Å². The molecule has 3 amide bonds. The van der Waals surface area contributed by atoms with E-state index in [1.54, 1.807) is 13.8 Å². The van der Waals surface area contributed by atoms with E-state index in [0.29, 0.717) is 13.0 Å². The van der Waals surface area contributed by atoms with Crippen LogP contribution in [0.15, 0.2) is 0 Å². The first kappa shape index (κ1) is 16.4. The molecule has 0 spiro atoms. The summed E-state index contributed by atoms with van der Waals surface area (Å²) in [6, 6.07) is -0.554. The number of rotatable bonds is 6. The molecule has 20 heavy (non-hydrogen) atoms. The topological polar surface area (TPSA) is 108 Å². The third-order valence-electron chi connectivity index (χ3n) is 3.34. The fourth-order valence-electron chi connectivity index (χ4n) is 2.45. The van der Waals surface area contributed by atoms with Gasteiger partial charge in [-0.25, -0.2) is 4.79 Å². The highest BCUT2D eigenvalue weighted by Crippen LogP contribution is 2.31. The largest absolute Gasteiger partial charge is 0.481 e. The summed E-state index contributed by atoms with van der Waals surface area (Å²) >= 11 is 0. The highest BCUT2D eigenvalue weighted by Gasteiger charge is 2.32. The minimum absolute atomic E-state index is 0.00829. The fraction of sp³-hybridized carbons (Fsp3) is 0.769. The van der Waals surface area contributed by atoms with Crippen LogP contribution in [0.3, 0.4) is 0 Å². The van der Waals surface area contributed by atoms with Crippen LogP contribution < -0.4 is 16.0 Å². The van der Waals surface area contributed by atoms with Gasteiger partial charge in [-0.2, -0.15) is 0 Å². The van der Waals surface area contributed by atoms with Crippen molar-refractivity contribution in [1.82, 2.24) is 16.0 Å². The molecule has 0 bridgehead atoms. The van der Waals surface area contributed by atoms with E-state index in [1.807, 2.05) is 0 Å². The Morgan fingerprint density at radius 3 is 2.55 bits per heavy atom. The molecule has 0 radical (unpaired) electrons. The lowest BCUT2D eigenvalue weighted by atomic mass is 9.96. The van der Waals surface area contributed by atoms with Gasteiger partial charge in [0.25, 0.3) is 0 Å². The summed E-state index contributed by atoms with van der Waals surface area (Å²) in [5.41, 5.74) is 0. The maximum Gasteiger partial charge on any atom is 0.321 e. The zero-order chi connectivity index (χ0) is 15.1. The molecule has 0 aromatic heterocycles. The van der Waals surface area contributed by atoms with Crippen molar-refractivity contribution in [3.05, 3.63) is 0 Å². The summed E-state index contributed by atoms with van der Waals surface area (Å²) in [5, 5.41) is 16.7. The number of carboxylic acids is 1. The number of hydrogen-bond acceptors (Lipinski definition) is 4. The summed E-state index contributed by atoms with van der Waals surface area (Å²) in [6.07, 6.45) is 2.47. The minimum Gasteiger partial charge on any atom is -0.481 e. The monoisotopic (exact) mass is 285 g/mol. The summed E-state index contributed by atoms with van der Waals surface area (Å²) in [4.78, 5) is 33.7. The van der Waals surface area contributed by atoms with E-state index in [9.17, 15) is 14.4 Å². The Kier molecular flexibility index (Phi) is 6.44. The first-order chi connectivity index (χ1) is 9.40. The van der Waals surface area contributed by atoms with Crippen LogP contribution in [0.4, 0.5) is 4.79 Å². The van der Waals surface area contributed by atoms with Crippen molar-refractivity contribution in [3.63, 3.8) is 0 Å². The predicted molar refractivity (Wildman–Crippen MR) is 73.1 cm³/mol. The summed E-state index contributed by atoms with van der Waals surface area (Å²) in [6.45, 7) is 4.09. The van der Waals surface area contributed by atoms with Crippen molar-refractivity contribution < 1.29 is 19.5 Å². The second-order valence-corrected chi connectivity index (χ2v) is 5.44. The van der Waals surface area contributed by atoms with Crippen LogP contribution >= 0.6 is 0 Å². The number of aliphatic carboxylic acids is 1. The number of hydrogen-bond donors (Lipinski definition) is 4. The predicted octanol–water partition coefficient (Wildman–Crippen LogP) is 0.311. The second-order valence-electron chi connectivity index (χ2n) is 5.44. The van der Waals surface area contributed by atoms with Gasteiger partial charge in [-0.1, -0.05) is 6.42 Å². The van der Waals surface area contributed by atoms with Gasteiger partial charge in [0.2, 0.25) is 5.91 Å². The van der Waals surface area contributed by atoms with Gasteiger partial charge in [0.05, 0.1) is 12.5 Å². The molecule has 1 aliphatic rings. The lowest BCUT2D eigenvalue weighted by Gasteiger charge is -2.16. The highest BCUT2D eigenvalue weighted by molar-refractivity contribution is 5.95. The molecule has 0 aromatic rings. The number of carboxylic acid groups (broad SMARTS) is 1. The molecule has 114 valence electrons. The Bertz CT molecular complexity index is 371. The molecular formula is C13H23N3O4. The maximum atomic E-state index is 11.5. The Morgan fingerprint density at radius 2 is 1.95 bits per heavy atom. The van der Waals surface area contributed by atoms with Gasteiger partial charge in [0, 0.05) is 6.04 Å². The van der Waals surface area contributed by atoms with Gasteiger partial charge in [0.15, 0.2) is 0 Å². The van der Waals surface area contributed by atoms with Crippen molar-refractivity contribution in [2.75, 3.05) is 13.1 Å². The number of carbonyl (C=O) groups is 3. The Hall–Kier alpha value is -1.63. The molecule has 1 saturated carbocycles. The third kappa shape index (κ3) is 5.56. The molecule has 0 aliphatic heterocycles. The Balaban J connectivity index is 2.22. The molecule has 2 unspecified atom stereocenters. The van der Waals surface area contributed by atoms with Crippen molar-refractivity contribution >= 4 is 17.9 Å². The highest BCUT2D eigenvalue weighted by atomic mass is 16.4. The average molecular weight is 285 g/mol. The van der Waals surface area contributed by atoms with Gasteiger partial charge < -0.3 is 15.7 Å². The Morgan fingerprint density at radius 1 is 1.25 bits per heavy atom. The van der Waals surface area contributed by atoms with Gasteiger partial charge in [-0.15, -0.1) is 0 Å². The number of carbonyl (C=O) groups excluding carboxylic acids is 2. The first-order valence-corrected chi connectivity index (χ1v) is 6.94. The molecule has 0 heterocycles. The molecule has 1 aliphatic carbocycles. The van der Waals surface area contributed by atoms with E-state index in [4.69, 9.17) is 5.11 Å². The summed E-state index contributed by atoms with van der Waals surface area (Å²) in [7, 11) is 0. The zero-order valence-electron chi connectivity index (χ0n) is 11.9. The van der Waals surface area contributed by atoms with Crippen molar-refractivity contribution in [1.29, 1.82) is 0 Å². The minimum atomic E-state index is -0.768. The maximum absolute atomic E-state index is 11.5. The van der Waals surface area contributed by atoms with Crippen LogP contribution in [0.1, 0.15) is 33.1 Å². The van der Waals surface area contributed by atoms with E-state index >= 15 is 0 Å². The standard InChI is InChI=1S/C13H23N3O4/c1-8(2)15-13(20)16-11(17)7-14-6-9-4-3-5-10(9)12(18)19/h8-10,14H,3-7H2,1-2H3,(H,18,19)(H2,15,16,17,20). The smallest absolute Gasteiger partial charge is 0.321 e. The zero-order valence-corrected chi connectivity index (χ0v) is 11.9. The third-order valence-corrected chi connectivity index (χ3v) is 3.34. The number of imide groups is 1. The van der Waals surface area contributed by atoms with E-state index in [2.05, 4.69) is 16.0 Å². The molecule has 1 rings (SSSR count). The van der Waals surface area contributed by atoms with Crippen molar-refractivity contribution in [2.45, 2.75) is 39.2 Å². The van der Waals surface area contributed by atoms with Crippen LogP contribution in [-0.2, 0) is 9.59 Å². The average Bonchev–Trinajstić information content (AvgIpc) is 2.75. The second kappa shape index (κ2) is 7.84. The van der Waals surface area contributed by atoms with Gasteiger partial charge in [0.1, 0.15) is 0 Å². The molecule has 2 atom stereocenters. The van der Waals surface area contributed by atoms with E-state index in [1.165, 1.54) is 0 Å². The molecule has 0 saturated heterocycles. The van der Waals surface area contributed by atoms with Gasteiger partial charge >= 0.3 is 12.0 Å². The van der Waals surface area contributed by atoms with Gasteiger partial charge in [-0.3, -0.25) is 14.9 Å². The molecule has 7 nitrogen and oxygen atoms in total. The van der Waals surface area contributed by atoms with Crippen LogP contribution in [0.2, 0.25) is 0 Å². The molecule has 1 fully saturated rings. The number of urea groups is 1. The summed E-state index contributed by atoms with van der Waals surface area (Å²) < 4.78 is 0. The van der Waals surface area contributed by atoms with Crippen LogP contribution in [-0.4, -0.2) is 42.1 Å². The fourth-order valence-corrected chi connectivity index (χ4v) is 2.45. The molecule has 0 aromatic carbocycles. The van der Waals surface area contributed by atoms with E-state index < -0.39 is 17.9 Å². The van der Waals surface area contributed by atoms with Crippen LogP contribution in [0, 0.1) is 11.8 Å². The normalized spacial score (nSPS) is 21.8. The summed E-state index contributed by atoms with van der Waals surface area (Å²) in [5.74, 6) is -1.46. The van der Waals surface area contributed by atoms with Crippen LogP contribution in [0.5, 0.6) is 0 Å². The number of amides is 3. The van der Waals surface area contributed by atoms with Crippen LogP contribution in [0.25, 0.3) is 0 Å². The van der Waals surface area contributed by atoms with Crippen molar-refractivity contribution in [2.24, 2.45) is 11.8 Å². The number of nitrogens with one attached hydrogen (secondary N) is 3. The quantitative estimate of drug-likeness (QED) is 0.562.